The molecule has 68 valence electrons. The maximum absolute atomic E-state index is 13.8. The van der Waals surface area contributed by atoms with Crippen LogP contribution in [0.25, 0.3) is 0 Å². The topological polar surface area (TPSA) is 29.1 Å². The molecule has 1 unspecified atom stereocenters. The second-order valence-corrected chi connectivity index (χ2v) is 3.97. The number of alkyl halides is 1. The van der Waals surface area contributed by atoms with E-state index in [1.165, 1.54) is 6.92 Å². The molecule has 2 rings (SSSR count). The molecule has 0 aliphatic carbocycles. The molecule has 0 saturated carbocycles. The summed E-state index contributed by atoms with van der Waals surface area (Å²) in [5.74, 6) is -0.602. The Morgan fingerprint density at radius 2 is 2.23 bits per heavy atom. The number of amides is 1. The fourth-order valence-electron chi connectivity index (χ4n) is 1.46. The lowest BCUT2D eigenvalue weighted by atomic mass is 10.0. The number of fused-ring (bicyclic) bond motifs is 1. The van der Waals surface area contributed by atoms with Crippen LogP contribution in [0.3, 0.4) is 0 Å². The maximum atomic E-state index is 13.8. The van der Waals surface area contributed by atoms with Gasteiger partial charge >= 0.3 is 0 Å². The Morgan fingerprint density at radius 1 is 1.54 bits per heavy atom. The first-order chi connectivity index (χ1) is 6.03. The number of benzene rings is 1. The molecule has 1 amide bonds. The number of rotatable bonds is 0. The van der Waals surface area contributed by atoms with E-state index in [0.717, 1.165) is 0 Å². The molecule has 0 radical (unpaired) electrons. The zero-order valence-electron chi connectivity index (χ0n) is 6.90. The number of nitrogens with one attached hydrogen (secondary N) is 1. The van der Waals surface area contributed by atoms with E-state index in [-0.39, 0.29) is 0 Å². The minimum absolute atomic E-state index is 0.389. The summed E-state index contributed by atoms with van der Waals surface area (Å²) in [4.78, 5) is 11.2. The first-order valence-corrected chi connectivity index (χ1v) is 4.62. The van der Waals surface area contributed by atoms with Gasteiger partial charge in [-0.25, -0.2) is 4.39 Å². The molecule has 1 aromatic carbocycles. The van der Waals surface area contributed by atoms with E-state index in [9.17, 15) is 9.18 Å². The number of carbonyl (C=O) groups excluding carboxylic acids is 1. The molecule has 4 heteroatoms. The second kappa shape index (κ2) is 2.54. The van der Waals surface area contributed by atoms with Crippen LogP contribution in [0, 0.1) is 0 Å². The van der Waals surface area contributed by atoms with Crippen molar-refractivity contribution in [2.24, 2.45) is 0 Å². The maximum Gasteiger partial charge on any atom is 0.266 e. The summed E-state index contributed by atoms with van der Waals surface area (Å²) in [6.07, 6.45) is 0. The van der Waals surface area contributed by atoms with Crippen molar-refractivity contribution in [2.45, 2.75) is 12.6 Å². The fourth-order valence-corrected chi connectivity index (χ4v) is 2.20. The summed E-state index contributed by atoms with van der Waals surface area (Å²) in [5, 5.41) is 2.48. The first kappa shape index (κ1) is 8.69. The van der Waals surface area contributed by atoms with Crippen LogP contribution in [0.15, 0.2) is 22.7 Å². The van der Waals surface area contributed by atoms with Gasteiger partial charge in [0.05, 0.1) is 0 Å². The van der Waals surface area contributed by atoms with Crippen molar-refractivity contribution in [3.05, 3.63) is 28.2 Å². The van der Waals surface area contributed by atoms with Crippen LogP contribution in [-0.2, 0) is 10.5 Å². The Balaban J connectivity index is 2.70. The molecule has 1 aliphatic heterocycles. The summed E-state index contributed by atoms with van der Waals surface area (Å²) >= 11 is 3.22. The molecule has 0 bridgehead atoms. The highest BCUT2D eigenvalue weighted by molar-refractivity contribution is 9.10. The highest BCUT2D eigenvalue weighted by atomic mass is 79.9. The van der Waals surface area contributed by atoms with Crippen molar-refractivity contribution in [2.75, 3.05) is 5.32 Å². The Hall–Kier alpha value is -0.900. The molecule has 1 aromatic rings. The lowest BCUT2D eigenvalue weighted by molar-refractivity contribution is -0.125. The van der Waals surface area contributed by atoms with Gasteiger partial charge in [0.25, 0.3) is 5.91 Å². The molecule has 1 N–H and O–H groups in total. The lowest BCUT2D eigenvalue weighted by Crippen LogP contribution is -2.25. The first-order valence-electron chi connectivity index (χ1n) is 3.83. The van der Waals surface area contributed by atoms with Crippen LogP contribution in [0.4, 0.5) is 10.1 Å². The quantitative estimate of drug-likeness (QED) is 0.746. The van der Waals surface area contributed by atoms with E-state index < -0.39 is 11.6 Å². The lowest BCUT2D eigenvalue weighted by Gasteiger charge is -2.11. The van der Waals surface area contributed by atoms with E-state index in [1.807, 2.05) is 0 Å². The molecular formula is C9H7BrFNO. The van der Waals surface area contributed by atoms with Gasteiger partial charge in [0, 0.05) is 15.7 Å². The summed E-state index contributed by atoms with van der Waals surface area (Å²) in [7, 11) is 0. The van der Waals surface area contributed by atoms with Gasteiger partial charge in [0.15, 0.2) is 0 Å². The van der Waals surface area contributed by atoms with E-state index in [2.05, 4.69) is 21.2 Å². The standard InChI is InChI=1S/C9H7BrFNO/c1-9(11)7-5(10)3-2-4-6(7)12-8(9)13/h2-4H,1H3,(H,12,13). The molecule has 1 heterocycles. The van der Waals surface area contributed by atoms with Crippen LogP contribution in [0.1, 0.15) is 12.5 Å². The van der Waals surface area contributed by atoms with Gasteiger partial charge in [0.2, 0.25) is 5.67 Å². The summed E-state index contributed by atoms with van der Waals surface area (Å²) in [6.45, 7) is 1.26. The highest BCUT2D eigenvalue weighted by Gasteiger charge is 2.44. The Kier molecular flexibility index (Phi) is 1.70. The van der Waals surface area contributed by atoms with Crippen LogP contribution in [0.5, 0.6) is 0 Å². The third-order valence-electron chi connectivity index (χ3n) is 2.16. The minimum atomic E-state index is -1.92. The predicted octanol–water partition coefficient (Wildman–Crippen LogP) is 2.59. The van der Waals surface area contributed by atoms with Crippen molar-refractivity contribution in [1.29, 1.82) is 0 Å². The fraction of sp³-hybridized carbons (Fsp3) is 0.222. The Morgan fingerprint density at radius 3 is 2.85 bits per heavy atom. The van der Waals surface area contributed by atoms with Crippen molar-refractivity contribution in [3.8, 4) is 0 Å². The van der Waals surface area contributed by atoms with Crippen molar-refractivity contribution in [3.63, 3.8) is 0 Å². The number of anilines is 1. The molecule has 0 aromatic heterocycles. The van der Waals surface area contributed by atoms with E-state index in [1.54, 1.807) is 18.2 Å². The molecule has 2 nitrogen and oxygen atoms in total. The smallest absolute Gasteiger partial charge is 0.266 e. The van der Waals surface area contributed by atoms with Crippen LogP contribution in [0.2, 0.25) is 0 Å². The minimum Gasteiger partial charge on any atom is -0.323 e. The molecule has 1 aliphatic rings. The van der Waals surface area contributed by atoms with Crippen molar-refractivity contribution in [1.82, 2.24) is 0 Å². The average molecular weight is 244 g/mol. The number of halogens is 2. The predicted molar refractivity (Wildman–Crippen MR) is 51.2 cm³/mol. The normalized spacial score (nSPS) is 25.6. The largest absolute Gasteiger partial charge is 0.323 e. The van der Waals surface area contributed by atoms with Gasteiger partial charge < -0.3 is 5.32 Å². The van der Waals surface area contributed by atoms with Gasteiger partial charge in [-0.15, -0.1) is 0 Å². The average Bonchev–Trinajstić information content (AvgIpc) is 2.24. The molecule has 0 fully saturated rings. The van der Waals surface area contributed by atoms with Gasteiger partial charge in [-0.2, -0.15) is 0 Å². The van der Waals surface area contributed by atoms with Crippen LogP contribution < -0.4 is 5.32 Å². The third kappa shape index (κ3) is 1.09. The number of hydrogen-bond acceptors (Lipinski definition) is 1. The molecule has 0 spiro atoms. The Bertz CT molecular complexity index is 389. The zero-order chi connectivity index (χ0) is 9.64. The van der Waals surface area contributed by atoms with Crippen molar-refractivity contribution >= 4 is 27.5 Å². The SMILES string of the molecule is CC1(F)C(=O)Nc2cccc(Br)c21. The summed E-state index contributed by atoms with van der Waals surface area (Å²) in [6, 6.07) is 5.16. The van der Waals surface area contributed by atoms with Gasteiger partial charge in [-0.05, 0) is 19.1 Å². The molecule has 1 atom stereocenters. The van der Waals surface area contributed by atoms with Gasteiger partial charge in [0.1, 0.15) is 0 Å². The van der Waals surface area contributed by atoms with Gasteiger partial charge in [-0.3, -0.25) is 4.79 Å². The molecule has 13 heavy (non-hydrogen) atoms. The summed E-state index contributed by atoms with van der Waals surface area (Å²) < 4.78 is 14.4. The third-order valence-corrected chi connectivity index (χ3v) is 2.82. The summed E-state index contributed by atoms with van der Waals surface area (Å²) in [5.41, 5.74) is -0.987. The molecular weight excluding hydrogens is 237 g/mol. The second-order valence-electron chi connectivity index (χ2n) is 3.12. The zero-order valence-corrected chi connectivity index (χ0v) is 8.48. The van der Waals surface area contributed by atoms with Crippen LogP contribution in [-0.4, -0.2) is 5.91 Å². The number of hydrogen-bond donors (Lipinski definition) is 1. The Labute approximate surface area is 83.3 Å². The van der Waals surface area contributed by atoms with Crippen molar-refractivity contribution < 1.29 is 9.18 Å². The number of carbonyl (C=O) groups is 1. The monoisotopic (exact) mass is 243 g/mol. The van der Waals surface area contributed by atoms with E-state index in [0.29, 0.717) is 15.7 Å². The highest BCUT2D eigenvalue weighted by Crippen LogP contribution is 2.42. The molecule has 0 saturated heterocycles. The van der Waals surface area contributed by atoms with Crippen LogP contribution >= 0.6 is 15.9 Å². The van der Waals surface area contributed by atoms with Gasteiger partial charge in [-0.1, -0.05) is 22.0 Å². The van der Waals surface area contributed by atoms with E-state index >= 15 is 0 Å². The van der Waals surface area contributed by atoms with E-state index in [4.69, 9.17) is 0 Å².